The Bertz CT molecular complexity index is 351. The van der Waals surface area contributed by atoms with Crippen LogP contribution in [0, 0.1) is 0 Å². The highest BCUT2D eigenvalue weighted by Gasteiger charge is 2.23. The highest BCUT2D eigenvalue weighted by Crippen LogP contribution is 2.05. The topological polar surface area (TPSA) is 81.7 Å². The van der Waals surface area contributed by atoms with Gasteiger partial charge in [-0.05, 0) is 26.7 Å². The SMILES string of the molecule is C=CCCC(=O)CC[C@H](NC(=O)OC(C)C)C(=O)OC. The number of methoxy groups -OCH3 is 1. The Morgan fingerprint density at radius 2 is 1.90 bits per heavy atom. The summed E-state index contributed by atoms with van der Waals surface area (Å²) < 4.78 is 9.49. The Balaban J connectivity index is 4.35. The van der Waals surface area contributed by atoms with E-state index in [1.54, 1.807) is 19.9 Å². The number of alkyl carbamates (subject to hydrolysis) is 1. The van der Waals surface area contributed by atoms with Crippen LogP contribution in [0.25, 0.3) is 0 Å². The smallest absolute Gasteiger partial charge is 0.408 e. The molecule has 0 saturated carbocycles. The molecule has 0 spiro atoms. The summed E-state index contributed by atoms with van der Waals surface area (Å²) in [4.78, 5) is 34.5. The summed E-state index contributed by atoms with van der Waals surface area (Å²) in [7, 11) is 1.23. The molecular weight excluding hydrogens is 262 g/mol. The second kappa shape index (κ2) is 10.00. The van der Waals surface area contributed by atoms with Crippen molar-refractivity contribution in [3.63, 3.8) is 0 Å². The summed E-state index contributed by atoms with van der Waals surface area (Å²) in [5.74, 6) is -0.583. The van der Waals surface area contributed by atoms with Crippen molar-refractivity contribution in [1.82, 2.24) is 5.32 Å². The minimum atomic E-state index is -0.876. The van der Waals surface area contributed by atoms with Crippen LogP contribution in [0.15, 0.2) is 12.7 Å². The molecule has 0 bridgehead atoms. The van der Waals surface area contributed by atoms with E-state index in [0.717, 1.165) is 0 Å². The second-order valence-corrected chi connectivity index (χ2v) is 4.58. The van der Waals surface area contributed by atoms with Crippen LogP contribution in [0.5, 0.6) is 0 Å². The molecule has 6 nitrogen and oxygen atoms in total. The summed E-state index contributed by atoms with van der Waals surface area (Å²) in [6, 6.07) is -0.876. The third-order valence-electron chi connectivity index (χ3n) is 2.46. The van der Waals surface area contributed by atoms with Gasteiger partial charge in [-0.15, -0.1) is 6.58 Å². The minimum absolute atomic E-state index is 0.0119. The second-order valence-electron chi connectivity index (χ2n) is 4.58. The lowest BCUT2D eigenvalue weighted by Gasteiger charge is -2.17. The largest absolute Gasteiger partial charge is 0.467 e. The van der Waals surface area contributed by atoms with Gasteiger partial charge in [-0.1, -0.05) is 6.08 Å². The maximum absolute atomic E-state index is 11.5. The maximum Gasteiger partial charge on any atom is 0.408 e. The zero-order valence-electron chi connectivity index (χ0n) is 12.3. The van der Waals surface area contributed by atoms with E-state index in [1.165, 1.54) is 7.11 Å². The monoisotopic (exact) mass is 285 g/mol. The van der Waals surface area contributed by atoms with Crippen molar-refractivity contribution >= 4 is 17.8 Å². The van der Waals surface area contributed by atoms with E-state index in [-0.39, 0.29) is 24.7 Å². The van der Waals surface area contributed by atoms with Gasteiger partial charge in [-0.2, -0.15) is 0 Å². The first kappa shape index (κ1) is 18.1. The van der Waals surface area contributed by atoms with Gasteiger partial charge >= 0.3 is 12.1 Å². The number of amides is 1. The molecule has 1 N–H and O–H groups in total. The normalized spacial score (nSPS) is 11.6. The summed E-state index contributed by atoms with van der Waals surface area (Å²) in [6.45, 7) is 6.94. The first-order chi connectivity index (χ1) is 9.40. The number of ketones is 1. The summed E-state index contributed by atoms with van der Waals surface area (Å²) in [5.41, 5.74) is 0. The van der Waals surface area contributed by atoms with Crippen LogP contribution in [0.4, 0.5) is 4.79 Å². The lowest BCUT2D eigenvalue weighted by Crippen LogP contribution is -2.42. The molecule has 114 valence electrons. The van der Waals surface area contributed by atoms with Gasteiger partial charge in [0.05, 0.1) is 13.2 Å². The lowest BCUT2D eigenvalue weighted by molar-refractivity contribution is -0.143. The Morgan fingerprint density at radius 3 is 2.40 bits per heavy atom. The number of carbonyl (C=O) groups excluding carboxylic acids is 3. The number of rotatable bonds is 9. The Labute approximate surface area is 119 Å². The van der Waals surface area contributed by atoms with Crippen LogP contribution in [0.1, 0.15) is 39.5 Å². The van der Waals surface area contributed by atoms with Crippen molar-refractivity contribution in [3.8, 4) is 0 Å². The molecule has 0 radical (unpaired) electrons. The van der Waals surface area contributed by atoms with Crippen LogP contribution >= 0.6 is 0 Å². The van der Waals surface area contributed by atoms with Crippen LogP contribution in [-0.2, 0) is 19.1 Å². The van der Waals surface area contributed by atoms with Crippen molar-refractivity contribution in [3.05, 3.63) is 12.7 Å². The van der Waals surface area contributed by atoms with Crippen molar-refractivity contribution in [2.24, 2.45) is 0 Å². The molecule has 0 aromatic rings. The highest BCUT2D eigenvalue weighted by atomic mass is 16.6. The van der Waals surface area contributed by atoms with E-state index in [2.05, 4.69) is 16.6 Å². The molecular formula is C14H23NO5. The predicted octanol–water partition coefficient (Wildman–Crippen LogP) is 1.98. The number of hydrogen-bond donors (Lipinski definition) is 1. The van der Waals surface area contributed by atoms with Gasteiger partial charge in [0, 0.05) is 12.8 Å². The first-order valence-electron chi connectivity index (χ1n) is 6.58. The molecule has 0 aromatic heterocycles. The molecule has 0 saturated heterocycles. The van der Waals surface area contributed by atoms with Gasteiger partial charge in [0.25, 0.3) is 0 Å². The lowest BCUT2D eigenvalue weighted by atomic mass is 10.1. The van der Waals surface area contributed by atoms with E-state index < -0.39 is 18.1 Å². The average Bonchev–Trinajstić information content (AvgIpc) is 2.39. The average molecular weight is 285 g/mol. The highest BCUT2D eigenvalue weighted by molar-refractivity contribution is 5.83. The zero-order chi connectivity index (χ0) is 15.5. The van der Waals surface area contributed by atoms with E-state index in [4.69, 9.17) is 4.74 Å². The molecule has 0 aliphatic heterocycles. The quantitative estimate of drug-likeness (QED) is 0.517. The molecule has 0 aromatic carbocycles. The zero-order valence-corrected chi connectivity index (χ0v) is 12.3. The molecule has 1 atom stereocenters. The fraction of sp³-hybridized carbons (Fsp3) is 0.643. The van der Waals surface area contributed by atoms with Gasteiger partial charge < -0.3 is 14.8 Å². The van der Waals surface area contributed by atoms with Gasteiger partial charge in [-0.25, -0.2) is 9.59 Å². The van der Waals surface area contributed by atoms with E-state index in [0.29, 0.717) is 12.8 Å². The number of carbonyl (C=O) groups is 3. The maximum atomic E-state index is 11.5. The van der Waals surface area contributed by atoms with Crippen LogP contribution in [0.2, 0.25) is 0 Å². The number of esters is 1. The minimum Gasteiger partial charge on any atom is -0.467 e. The summed E-state index contributed by atoms with van der Waals surface area (Å²) in [5, 5.41) is 2.40. The molecule has 6 heteroatoms. The molecule has 0 fully saturated rings. The fourth-order valence-corrected chi connectivity index (χ4v) is 1.47. The molecule has 0 aliphatic rings. The van der Waals surface area contributed by atoms with Crippen molar-refractivity contribution in [2.45, 2.75) is 51.7 Å². The molecule has 20 heavy (non-hydrogen) atoms. The number of Topliss-reactive ketones (excluding diaryl/α,β-unsaturated/α-hetero) is 1. The summed E-state index contributed by atoms with van der Waals surface area (Å²) >= 11 is 0. The number of nitrogens with one attached hydrogen (secondary N) is 1. The molecule has 0 rings (SSSR count). The summed E-state index contributed by atoms with van der Waals surface area (Å²) in [6.07, 6.45) is 2.04. The third kappa shape index (κ3) is 8.29. The molecule has 0 aliphatic carbocycles. The number of ether oxygens (including phenoxy) is 2. The fourth-order valence-electron chi connectivity index (χ4n) is 1.47. The van der Waals surface area contributed by atoms with E-state index >= 15 is 0 Å². The van der Waals surface area contributed by atoms with Gasteiger partial charge in [0.2, 0.25) is 0 Å². The van der Waals surface area contributed by atoms with E-state index in [9.17, 15) is 14.4 Å². The molecule has 1 amide bonds. The number of allylic oxidation sites excluding steroid dienone is 1. The Morgan fingerprint density at radius 1 is 1.25 bits per heavy atom. The molecule has 0 unspecified atom stereocenters. The van der Waals surface area contributed by atoms with Crippen molar-refractivity contribution in [1.29, 1.82) is 0 Å². The van der Waals surface area contributed by atoms with Crippen molar-refractivity contribution < 1.29 is 23.9 Å². The number of hydrogen-bond acceptors (Lipinski definition) is 5. The van der Waals surface area contributed by atoms with Gasteiger partial charge in [-0.3, -0.25) is 4.79 Å². The standard InChI is InChI=1S/C14H23NO5/c1-5-6-7-11(16)8-9-12(13(17)19-4)15-14(18)20-10(2)3/h5,10,12H,1,6-9H2,2-4H3,(H,15,18)/t12-/m0/s1. The van der Waals surface area contributed by atoms with Crippen LogP contribution < -0.4 is 5.32 Å². The van der Waals surface area contributed by atoms with Crippen LogP contribution in [0.3, 0.4) is 0 Å². The third-order valence-corrected chi connectivity index (χ3v) is 2.46. The predicted molar refractivity (Wildman–Crippen MR) is 74.2 cm³/mol. The van der Waals surface area contributed by atoms with E-state index in [1.807, 2.05) is 0 Å². The van der Waals surface area contributed by atoms with Gasteiger partial charge in [0.15, 0.2) is 0 Å². The molecule has 0 heterocycles. The van der Waals surface area contributed by atoms with Crippen molar-refractivity contribution in [2.75, 3.05) is 7.11 Å². The van der Waals surface area contributed by atoms with Gasteiger partial charge in [0.1, 0.15) is 11.8 Å². The Kier molecular flexibility index (Phi) is 9.07. The first-order valence-corrected chi connectivity index (χ1v) is 6.58. The van der Waals surface area contributed by atoms with Crippen LogP contribution in [-0.4, -0.2) is 37.1 Å². The Hall–Kier alpha value is -1.85.